The molecule has 2 heterocycles. The first-order valence-electron chi connectivity index (χ1n) is 14.0. The number of benzene rings is 6. The molecular weight excluding hydrogens is 515 g/mol. The molecule has 190 valence electrons. The lowest BCUT2D eigenvalue weighted by atomic mass is 9.79. The van der Waals surface area contributed by atoms with E-state index < -0.39 is 0 Å². The zero-order valence-corrected chi connectivity index (χ0v) is 23.0. The Morgan fingerprint density at radius 1 is 0.415 bits per heavy atom. The number of aromatic nitrogens is 1. The van der Waals surface area contributed by atoms with Gasteiger partial charge in [-0.05, 0) is 79.9 Å². The van der Waals surface area contributed by atoms with E-state index in [0.29, 0.717) is 0 Å². The summed E-state index contributed by atoms with van der Waals surface area (Å²) >= 11 is 1.89. The SMILES string of the molecule is c1ccc2c(c1)-c1ccccc1-c1ccc3ncccc3c1-c1ccc(-c3cccc4c3sc3ccccc34)cc1-2. The molecule has 41 heavy (non-hydrogen) atoms. The van der Waals surface area contributed by atoms with Crippen LogP contribution in [0.25, 0.3) is 86.7 Å². The lowest BCUT2D eigenvalue weighted by Crippen LogP contribution is -1.98. The minimum Gasteiger partial charge on any atom is -0.256 e. The molecule has 0 fully saturated rings. The quantitative estimate of drug-likeness (QED) is 0.203. The van der Waals surface area contributed by atoms with Crippen molar-refractivity contribution in [2.24, 2.45) is 0 Å². The highest BCUT2D eigenvalue weighted by atomic mass is 32.1. The summed E-state index contributed by atoms with van der Waals surface area (Å²) in [5.41, 5.74) is 13.6. The van der Waals surface area contributed by atoms with Gasteiger partial charge in [0.2, 0.25) is 0 Å². The van der Waals surface area contributed by atoms with E-state index in [1.807, 2.05) is 17.5 Å². The molecule has 1 nitrogen and oxygen atoms in total. The first-order chi connectivity index (χ1) is 20.3. The van der Waals surface area contributed by atoms with Crippen LogP contribution in [0.3, 0.4) is 0 Å². The smallest absolute Gasteiger partial charge is 0.0708 e. The molecule has 1 aliphatic carbocycles. The normalized spacial score (nSPS) is 11.9. The molecular formula is C39H23NS. The monoisotopic (exact) mass is 537 g/mol. The molecule has 8 aromatic rings. The Labute approximate surface area is 242 Å². The van der Waals surface area contributed by atoms with Crippen molar-refractivity contribution in [2.75, 3.05) is 0 Å². The lowest BCUT2D eigenvalue weighted by molar-refractivity contribution is 1.41. The highest BCUT2D eigenvalue weighted by Gasteiger charge is 2.24. The maximum atomic E-state index is 4.74. The van der Waals surface area contributed by atoms with Crippen LogP contribution in [0.1, 0.15) is 0 Å². The van der Waals surface area contributed by atoms with E-state index >= 15 is 0 Å². The minimum atomic E-state index is 1.02. The molecule has 1 aliphatic rings. The Hall–Kier alpha value is -5.05. The van der Waals surface area contributed by atoms with Crippen LogP contribution in [0.4, 0.5) is 0 Å². The van der Waals surface area contributed by atoms with Crippen LogP contribution in [-0.4, -0.2) is 4.98 Å². The van der Waals surface area contributed by atoms with Gasteiger partial charge in [-0.2, -0.15) is 0 Å². The van der Waals surface area contributed by atoms with Gasteiger partial charge in [0.1, 0.15) is 0 Å². The number of pyridine rings is 1. The molecule has 0 bridgehead atoms. The van der Waals surface area contributed by atoms with Crippen molar-refractivity contribution in [1.29, 1.82) is 0 Å². The van der Waals surface area contributed by atoms with Crippen LogP contribution < -0.4 is 0 Å². The molecule has 0 amide bonds. The fraction of sp³-hybridized carbons (Fsp3) is 0. The average Bonchev–Trinajstić information content (AvgIpc) is 3.42. The van der Waals surface area contributed by atoms with E-state index in [9.17, 15) is 0 Å². The van der Waals surface area contributed by atoms with Gasteiger partial charge in [-0.25, -0.2) is 0 Å². The molecule has 0 atom stereocenters. The summed E-state index contributed by atoms with van der Waals surface area (Å²) in [6.07, 6.45) is 1.89. The standard InChI is InChI=1S/C39H23NS/c1-3-11-28-26(9-1)27-10-2-4-12-29(27)35-23-24(25-14-7-15-33-30-13-5-6-17-37(30)41-39(25)33)18-19-32(35)38-31(28)20-21-36-34(38)16-8-22-40-36/h1-23H. The zero-order valence-electron chi connectivity index (χ0n) is 22.1. The average molecular weight is 538 g/mol. The van der Waals surface area contributed by atoms with E-state index in [2.05, 4.69) is 133 Å². The molecule has 0 N–H and O–H groups in total. The third-order valence-corrected chi connectivity index (χ3v) is 9.73. The third kappa shape index (κ3) is 3.32. The maximum absolute atomic E-state index is 4.74. The number of hydrogen-bond donors (Lipinski definition) is 0. The summed E-state index contributed by atoms with van der Waals surface area (Å²) in [6.45, 7) is 0. The van der Waals surface area contributed by atoms with Crippen LogP contribution >= 0.6 is 11.3 Å². The highest BCUT2D eigenvalue weighted by molar-refractivity contribution is 7.26. The van der Waals surface area contributed by atoms with E-state index in [1.54, 1.807) is 0 Å². The summed E-state index contributed by atoms with van der Waals surface area (Å²) < 4.78 is 2.67. The van der Waals surface area contributed by atoms with Crippen LogP contribution in [0.2, 0.25) is 0 Å². The molecule has 0 spiro atoms. The Morgan fingerprint density at radius 3 is 1.88 bits per heavy atom. The fourth-order valence-corrected chi connectivity index (χ4v) is 7.94. The molecule has 9 rings (SSSR count). The Kier molecular flexibility index (Phi) is 4.84. The second kappa shape index (κ2) is 8.72. The van der Waals surface area contributed by atoms with Crippen molar-refractivity contribution in [3.63, 3.8) is 0 Å². The first kappa shape index (κ1) is 22.7. The van der Waals surface area contributed by atoms with Crippen LogP contribution in [0, 0.1) is 0 Å². The number of hydrogen-bond acceptors (Lipinski definition) is 2. The third-order valence-electron chi connectivity index (χ3n) is 8.51. The van der Waals surface area contributed by atoms with Gasteiger partial charge in [0.05, 0.1) is 5.52 Å². The predicted molar refractivity (Wildman–Crippen MR) is 175 cm³/mol. The summed E-state index contributed by atoms with van der Waals surface area (Å²) in [7, 11) is 0. The Morgan fingerprint density at radius 2 is 1.05 bits per heavy atom. The summed E-state index contributed by atoms with van der Waals surface area (Å²) in [5, 5.41) is 3.84. The van der Waals surface area contributed by atoms with Gasteiger partial charge in [0.15, 0.2) is 0 Å². The van der Waals surface area contributed by atoms with Gasteiger partial charge >= 0.3 is 0 Å². The number of rotatable bonds is 1. The maximum Gasteiger partial charge on any atom is 0.0708 e. The molecule has 6 aromatic carbocycles. The predicted octanol–water partition coefficient (Wildman–Crippen LogP) is 11.3. The topological polar surface area (TPSA) is 12.9 Å². The second-order valence-corrected chi connectivity index (χ2v) is 11.7. The van der Waals surface area contributed by atoms with Crippen molar-refractivity contribution < 1.29 is 0 Å². The van der Waals surface area contributed by atoms with E-state index in [1.165, 1.54) is 81.2 Å². The van der Waals surface area contributed by atoms with E-state index in [4.69, 9.17) is 4.98 Å². The Balaban J connectivity index is 1.41. The van der Waals surface area contributed by atoms with Crippen molar-refractivity contribution in [3.8, 4) is 55.6 Å². The van der Waals surface area contributed by atoms with E-state index in [0.717, 1.165) is 5.52 Å². The first-order valence-corrected chi connectivity index (χ1v) is 14.8. The van der Waals surface area contributed by atoms with Gasteiger partial charge in [-0.15, -0.1) is 11.3 Å². The van der Waals surface area contributed by atoms with Gasteiger partial charge in [-0.1, -0.05) is 109 Å². The molecule has 0 aliphatic heterocycles. The summed E-state index contributed by atoms with van der Waals surface area (Å²) in [4.78, 5) is 4.74. The Bertz CT molecular complexity index is 2320. The van der Waals surface area contributed by atoms with Crippen molar-refractivity contribution in [2.45, 2.75) is 0 Å². The van der Waals surface area contributed by atoms with Crippen molar-refractivity contribution in [1.82, 2.24) is 4.98 Å². The van der Waals surface area contributed by atoms with Gasteiger partial charge in [-0.3, -0.25) is 4.98 Å². The van der Waals surface area contributed by atoms with Gasteiger partial charge in [0, 0.05) is 31.8 Å². The second-order valence-electron chi connectivity index (χ2n) is 10.7. The van der Waals surface area contributed by atoms with Gasteiger partial charge < -0.3 is 0 Å². The van der Waals surface area contributed by atoms with Crippen LogP contribution in [0.5, 0.6) is 0 Å². The number of thiophene rings is 1. The summed E-state index contributed by atoms with van der Waals surface area (Å²) in [5.74, 6) is 0. The molecule has 2 aromatic heterocycles. The number of fused-ring (bicyclic) bond motifs is 13. The fourth-order valence-electron chi connectivity index (χ4n) is 6.70. The molecule has 0 unspecified atom stereocenters. The number of nitrogens with zero attached hydrogens (tertiary/aromatic N) is 1. The molecule has 0 saturated heterocycles. The van der Waals surface area contributed by atoms with Crippen LogP contribution in [0.15, 0.2) is 140 Å². The van der Waals surface area contributed by atoms with Crippen LogP contribution in [-0.2, 0) is 0 Å². The lowest BCUT2D eigenvalue weighted by Gasteiger charge is -2.24. The minimum absolute atomic E-state index is 1.02. The zero-order chi connectivity index (χ0) is 26.9. The van der Waals surface area contributed by atoms with Crippen molar-refractivity contribution >= 4 is 42.4 Å². The van der Waals surface area contributed by atoms with E-state index in [-0.39, 0.29) is 0 Å². The molecule has 2 heteroatoms. The highest BCUT2D eigenvalue weighted by Crippen LogP contribution is 2.51. The van der Waals surface area contributed by atoms with Gasteiger partial charge in [0.25, 0.3) is 0 Å². The largest absolute Gasteiger partial charge is 0.256 e. The van der Waals surface area contributed by atoms with Crippen molar-refractivity contribution in [3.05, 3.63) is 140 Å². The summed E-state index contributed by atoms with van der Waals surface area (Å²) in [6, 6.07) is 48.9. The molecule has 0 radical (unpaired) electrons. The molecule has 0 saturated carbocycles.